The first-order valence-corrected chi connectivity index (χ1v) is 8.74. The Morgan fingerprint density at radius 2 is 1.83 bits per heavy atom. The molecule has 0 radical (unpaired) electrons. The average molecular weight is 330 g/mol. The Hall–Kier alpha value is -2.08. The zero-order valence-electron chi connectivity index (χ0n) is 14.3. The fraction of sp³-hybridized carbons (Fsp3) is 0.556. The van der Waals surface area contributed by atoms with E-state index in [0.717, 1.165) is 25.6 Å². The highest BCUT2D eigenvalue weighted by molar-refractivity contribution is 5.95. The standard InChI is InChI=1S/C18H26N4O2/c1-12(2)19-18(24)21-14-5-3-13(4-6-14)17(23)20-15-9-10-22(11-15)16-7-8-16/h3-6,12,15-16H,7-11H2,1-2H3,(H,20,23)(H2,19,21,24)/t15-/m0/s1. The van der Waals surface area contributed by atoms with E-state index < -0.39 is 0 Å². The molecule has 6 heteroatoms. The number of hydrogen-bond acceptors (Lipinski definition) is 3. The number of benzene rings is 1. The molecule has 1 heterocycles. The van der Waals surface area contributed by atoms with Gasteiger partial charge in [0, 0.05) is 42.5 Å². The zero-order valence-corrected chi connectivity index (χ0v) is 14.3. The van der Waals surface area contributed by atoms with Crippen molar-refractivity contribution in [2.24, 2.45) is 0 Å². The molecule has 0 aromatic heterocycles. The summed E-state index contributed by atoms with van der Waals surface area (Å²) in [5.74, 6) is -0.0455. The average Bonchev–Trinajstić information content (AvgIpc) is 3.27. The van der Waals surface area contributed by atoms with Crippen molar-refractivity contribution in [3.8, 4) is 0 Å². The molecule has 3 amide bonds. The molecule has 2 aliphatic rings. The lowest BCUT2D eigenvalue weighted by Crippen LogP contribution is -2.37. The summed E-state index contributed by atoms with van der Waals surface area (Å²) in [6.45, 7) is 5.86. The molecule has 2 fully saturated rings. The van der Waals surface area contributed by atoms with Crippen LogP contribution in [0.2, 0.25) is 0 Å². The van der Waals surface area contributed by atoms with E-state index in [1.807, 2.05) is 13.8 Å². The lowest BCUT2D eigenvalue weighted by molar-refractivity contribution is 0.0937. The zero-order chi connectivity index (χ0) is 17.1. The van der Waals surface area contributed by atoms with Gasteiger partial charge in [-0.25, -0.2) is 4.79 Å². The Bertz CT molecular complexity index is 596. The molecule has 1 saturated heterocycles. The Kier molecular flexibility index (Phi) is 5.04. The number of carbonyl (C=O) groups excluding carboxylic acids is 2. The van der Waals surface area contributed by atoms with Crippen molar-refractivity contribution >= 4 is 17.6 Å². The first-order chi connectivity index (χ1) is 11.5. The molecule has 1 saturated carbocycles. The van der Waals surface area contributed by atoms with E-state index >= 15 is 0 Å². The highest BCUT2D eigenvalue weighted by Gasteiger charge is 2.34. The number of likely N-dealkylation sites (tertiary alicyclic amines) is 1. The second-order valence-electron chi connectivity index (χ2n) is 7.02. The van der Waals surface area contributed by atoms with Crippen molar-refractivity contribution < 1.29 is 9.59 Å². The summed E-state index contributed by atoms with van der Waals surface area (Å²) in [4.78, 5) is 26.5. The van der Waals surface area contributed by atoms with E-state index in [4.69, 9.17) is 0 Å². The molecule has 24 heavy (non-hydrogen) atoms. The third kappa shape index (κ3) is 4.47. The number of amides is 3. The minimum Gasteiger partial charge on any atom is -0.348 e. The van der Waals surface area contributed by atoms with Gasteiger partial charge in [0.05, 0.1) is 0 Å². The molecular formula is C18H26N4O2. The highest BCUT2D eigenvalue weighted by Crippen LogP contribution is 2.29. The molecule has 1 aliphatic heterocycles. The normalized spacial score (nSPS) is 20.9. The maximum Gasteiger partial charge on any atom is 0.319 e. The maximum atomic E-state index is 12.3. The molecule has 0 unspecified atom stereocenters. The monoisotopic (exact) mass is 330 g/mol. The molecule has 3 rings (SSSR count). The van der Waals surface area contributed by atoms with Gasteiger partial charge in [-0.1, -0.05) is 0 Å². The lowest BCUT2D eigenvalue weighted by atomic mass is 10.1. The van der Waals surface area contributed by atoms with Gasteiger partial charge in [0.1, 0.15) is 0 Å². The number of nitrogens with zero attached hydrogens (tertiary/aromatic N) is 1. The van der Waals surface area contributed by atoms with Crippen molar-refractivity contribution in [2.45, 2.75) is 51.2 Å². The van der Waals surface area contributed by atoms with Gasteiger partial charge in [-0.15, -0.1) is 0 Å². The number of urea groups is 1. The van der Waals surface area contributed by atoms with Gasteiger partial charge in [-0.2, -0.15) is 0 Å². The predicted octanol–water partition coefficient (Wildman–Crippen LogP) is 2.18. The van der Waals surface area contributed by atoms with Gasteiger partial charge in [-0.3, -0.25) is 9.69 Å². The molecule has 1 aromatic rings. The van der Waals surface area contributed by atoms with Crippen molar-refractivity contribution in [1.82, 2.24) is 15.5 Å². The van der Waals surface area contributed by atoms with Crippen LogP contribution in [0, 0.1) is 0 Å². The van der Waals surface area contributed by atoms with Gasteiger partial charge in [0.2, 0.25) is 0 Å². The van der Waals surface area contributed by atoms with Gasteiger partial charge < -0.3 is 16.0 Å². The Morgan fingerprint density at radius 1 is 1.12 bits per heavy atom. The first-order valence-electron chi connectivity index (χ1n) is 8.74. The molecule has 130 valence electrons. The van der Waals surface area contributed by atoms with Crippen LogP contribution >= 0.6 is 0 Å². The van der Waals surface area contributed by atoms with Crippen molar-refractivity contribution in [1.29, 1.82) is 0 Å². The molecule has 0 bridgehead atoms. The van der Waals surface area contributed by atoms with E-state index in [0.29, 0.717) is 11.3 Å². The number of nitrogens with one attached hydrogen (secondary N) is 3. The number of carbonyl (C=O) groups is 2. The molecule has 6 nitrogen and oxygen atoms in total. The topological polar surface area (TPSA) is 73.5 Å². The smallest absolute Gasteiger partial charge is 0.319 e. The first kappa shape index (κ1) is 16.8. The Labute approximate surface area is 143 Å². The van der Waals surface area contributed by atoms with Crippen LogP contribution in [0.4, 0.5) is 10.5 Å². The quantitative estimate of drug-likeness (QED) is 0.775. The van der Waals surface area contributed by atoms with E-state index in [-0.39, 0.29) is 24.0 Å². The Morgan fingerprint density at radius 3 is 2.46 bits per heavy atom. The van der Waals surface area contributed by atoms with E-state index in [9.17, 15) is 9.59 Å². The number of anilines is 1. The molecule has 1 atom stereocenters. The predicted molar refractivity (Wildman–Crippen MR) is 94.2 cm³/mol. The summed E-state index contributed by atoms with van der Waals surface area (Å²) >= 11 is 0. The summed E-state index contributed by atoms with van der Waals surface area (Å²) in [5.41, 5.74) is 1.29. The second-order valence-corrected chi connectivity index (χ2v) is 7.02. The summed E-state index contributed by atoms with van der Waals surface area (Å²) in [6, 6.07) is 7.83. The van der Waals surface area contributed by atoms with Crippen molar-refractivity contribution in [3.05, 3.63) is 29.8 Å². The van der Waals surface area contributed by atoms with Crippen LogP contribution in [0.1, 0.15) is 43.5 Å². The van der Waals surface area contributed by atoms with Crippen LogP contribution in [0.5, 0.6) is 0 Å². The van der Waals surface area contributed by atoms with Gasteiger partial charge in [0.25, 0.3) is 5.91 Å². The summed E-state index contributed by atoms with van der Waals surface area (Å²) in [5, 5.41) is 8.62. The van der Waals surface area contributed by atoms with Crippen molar-refractivity contribution in [3.63, 3.8) is 0 Å². The third-order valence-electron chi connectivity index (χ3n) is 4.44. The highest BCUT2D eigenvalue weighted by atomic mass is 16.2. The second kappa shape index (κ2) is 7.21. The van der Waals surface area contributed by atoms with E-state index in [1.54, 1.807) is 24.3 Å². The molecule has 1 aromatic carbocycles. The molecule has 3 N–H and O–H groups in total. The summed E-state index contributed by atoms with van der Waals surface area (Å²) < 4.78 is 0. The van der Waals surface area contributed by atoms with E-state index in [2.05, 4.69) is 20.9 Å². The SMILES string of the molecule is CC(C)NC(=O)Nc1ccc(C(=O)N[C@H]2CCN(C3CC3)C2)cc1. The van der Waals surface area contributed by atoms with Gasteiger partial charge in [-0.05, 0) is 57.4 Å². The number of rotatable bonds is 5. The minimum atomic E-state index is -0.242. The van der Waals surface area contributed by atoms with Gasteiger partial charge in [0.15, 0.2) is 0 Å². The Balaban J connectivity index is 1.49. The van der Waals surface area contributed by atoms with Gasteiger partial charge >= 0.3 is 6.03 Å². The van der Waals surface area contributed by atoms with Crippen molar-refractivity contribution in [2.75, 3.05) is 18.4 Å². The fourth-order valence-electron chi connectivity index (χ4n) is 3.08. The lowest BCUT2D eigenvalue weighted by Gasteiger charge is -2.16. The van der Waals surface area contributed by atoms with E-state index in [1.165, 1.54) is 12.8 Å². The maximum absolute atomic E-state index is 12.3. The minimum absolute atomic E-state index is 0.0455. The third-order valence-corrected chi connectivity index (χ3v) is 4.44. The van der Waals surface area contributed by atoms with Crippen LogP contribution in [0.15, 0.2) is 24.3 Å². The molecule has 0 spiro atoms. The summed E-state index contributed by atoms with van der Waals surface area (Å²) in [7, 11) is 0. The fourth-order valence-corrected chi connectivity index (χ4v) is 3.08. The van der Waals surface area contributed by atoms with Crippen LogP contribution < -0.4 is 16.0 Å². The number of hydrogen-bond donors (Lipinski definition) is 3. The van der Waals surface area contributed by atoms with Crippen LogP contribution in [0.3, 0.4) is 0 Å². The van der Waals surface area contributed by atoms with Crippen LogP contribution in [0.25, 0.3) is 0 Å². The van der Waals surface area contributed by atoms with Crippen LogP contribution in [-0.4, -0.2) is 48.1 Å². The van der Waals surface area contributed by atoms with Crippen LogP contribution in [-0.2, 0) is 0 Å². The summed E-state index contributed by atoms with van der Waals surface area (Å²) in [6.07, 6.45) is 3.64. The largest absolute Gasteiger partial charge is 0.348 e. The molecule has 1 aliphatic carbocycles. The molecular weight excluding hydrogens is 304 g/mol.